The van der Waals surface area contributed by atoms with Crippen molar-refractivity contribution in [3.05, 3.63) is 59.2 Å². The van der Waals surface area contributed by atoms with Crippen LogP contribution in [0.15, 0.2) is 42.5 Å². The van der Waals surface area contributed by atoms with Gasteiger partial charge in [0.2, 0.25) is 0 Å². The highest BCUT2D eigenvalue weighted by atomic mass is 16.3. The van der Waals surface area contributed by atoms with E-state index in [1.165, 1.54) is 5.56 Å². The minimum Gasteiger partial charge on any atom is -0.506 e. The summed E-state index contributed by atoms with van der Waals surface area (Å²) in [6, 6.07) is 12.7. The van der Waals surface area contributed by atoms with E-state index < -0.39 is 0 Å². The summed E-state index contributed by atoms with van der Waals surface area (Å²) >= 11 is 0. The lowest BCUT2D eigenvalue weighted by atomic mass is 10.0. The van der Waals surface area contributed by atoms with Gasteiger partial charge in [0.15, 0.2) is 0 Å². The molecule has 3 heteroatoms. The van der Waals surface area contributed by atoms with Crippen molar-refractivity contribution in [2.45, 2.75) is 26.7 Å². The number of carbonyl (C=O) groups is 1. The molecule has 0 aliphatic heterocycles. The number of phenols is 1. The van der Waals surface area contributed by atoms with E-state index in [1.54, 1.807) is 24.3 Å². The number of aromatic hydroxyl groups is 1. The van der Waals surface area contributed by atoms with Gasteiger partial charge in [0.1, 0.15) is 5.75 Å². The number of hydrogen-bond donors (Lipinski definition) is 2. The number of hydrogen-bond acceptors (Lipinski definition) is 2. The first-order chi connectivity index (χ1) is 9.47. The highest BCUT2D eigenvalue weighted by Gasteiger charge is 2.09. The van der Waals surface area contributed by atoms with Crippen molar-refractivity contribution in [3.63, 3.8) is 0 Å². The molecule has 0 saturated heterocycles. The van der Waals surface area contributed by atoms with Crippen molar-refractivity contribution in [3.8, 4) is 5.75 Å². The molecule has 0 atom stereocenters. The third-order valence-electron chi connectivity index (χ3n) is 3.24. The second kappa shape index (κ2) is 5.78. The molecule has 0 saturated carbocycles. The van der Waals surface area contributed by atoms with Crippen molar-refractivity contribution in [2.24, 2.45) is 0 Å². The summed E-state index contributed by atoms with van der Waals surface area (Å²) in [4.78, 5) is 12.1. The standard InChI is InChI=1S/C17H19NO2/c1-11(2)13-5-7-14(8-6-13)17(20)18-15-9-4-12(3)10-16(15)19/h4-11,19H,1-3H3,(H,18,20). The molecule has 0 spiro atoms. The van der Waals surface area contributed by atoms with E-state index in [-0.39, 0.29) is 11.7 Å². The number of anilines is 1. The summed E-state index contributed by atoms with van der Waals surface area (Å²) in [7, 11) is 0. The van der Waals surface area contributed by atoms with Crippen molar-refractivity contribution in [1.82, 2.24) is 0 Å². The van der Waals surface area contributed by atoms with Crippen molar-refractivity contribution < 1.29 is 9.90 Å². The first-order valence-corrected chi connectivity index (χ1v) is 6.68. The third-order valence-corrected chi connectivity index (χ3v) is 3.24. The molecule has 2 N–H and O–H groups in total. The van der Waals surface area contributed by atoms with Crippen LogP contribution in [0.25, 0.3) is 0 Å². The van der Waals surface area contributed by atoms with Crippen LogP contribution in [0, 0.1) is 6.92 Å². The van der Waals surface area contributed by atoms with Gasteiger partial charge >= 0.3 is 0 Å². The summed E-state index contributed by atoms with van der Waals surface area (Å²) in [6.07, 6.45) is 0. The molecule has 0 aliphatic carbocycles. The number of benzene rings is 2. The highest BCUT2D eigenvalue weighted by molar-refractivity contribution is 6.05. The number of nitrogens with one attached hydrogen (secondary N) is 1. The Kier molecular flexibility index (Phi) is 4.08. The fraction of sp³-hybridized carbons (Fsp3) is 0.235. The zero-order valence-corrected chi connectivity index (χ0v) is 12.0. The Bertz CT molecular complexity index is 615. The van der Waals surface area contributed by atoms with E-state index in [9.17, 15) is 9.90 Å². The molecule has 104 valence electrons. The summed E-state index contributed by atoms with van der Waals surface area (Å²) in [5.41, 5.74) is 3.14. The van der Waals surface area contributed by atoms with Crippen LogP contribution in [0.3, 0.4) is 0 Å². The largest absolute Gasteiger partial charge is 0.506 e. The summed E-state index contributed by atoms with van der Waals surface area (Å²) < 4.78 is 0. The fourth-order valence-corrected chi connectivity index (χ4v) is 1.96. The van der Waals surface area contributed by atoms with Gasteiger partial charge in [-0.2, -0.15) is 0 Å². The maximum atomic E-state index is 12.1. The third kappa shape index (κ3) is 3.18. The number of rotatable bonds is 3. The van der Waals surface area contributed by atoms with Crippen LogP contribution in [0.5, 0.6) is 5.75 Å². The number of carbonyl (C=O) groups excluding carboxylic acids is 1. The van der Waals surface area contributed by atoms with Gasteiger partial charge in [-0.05, 0) is 48.2 Å². The lowest BCUT2D eigenvalue weighted by Gasteiger charge is -2.09. The summed E-state index contributed by atoms with van der Waals surface area (Å²) in [6.45, 7) is 6.11. The van der Waals surface area contributed by atoms with Crippen LogP contribution in [0.4, 0.5) is 5.69 Å². The van der Waals surface area contributed by atoms with Gasteiger partial charge in [0.05, 0.1) is 5.69 Å². The molecule has 20 heavy (non-hydrogen) atoms. The van der Waals surface area contributed by atoms with Gasteiger partial charge in [-0.15, -0.1) is 0 Å². The molecule has 0 radical (unpaired) electrons. The molecular formula is C17H19NO2. The van der Waals surface area contributed by atoms with Crippen molar-refractivity contribution in [2.75, 3.05) is 5.32 Å². The van der Waals surface area contributed by atoms with E-state index in [0.717, 1.165) is 5.56 Å². The zero-order valence-electron chi connectivity index (χ0n) is 12.0. The maximum absolute atomic E-state index is 12.1. The quantitative estimate of drug-likeness (QED) is 0.825. The van der Waals surface area contributed by atoms with Gasteiger partial charge in [-0.3, -0.25) is 4.79 Å². The first-order valence-electron chi connectivity index (χ1n) is 6.68. The van der Waals surface area contributed by atoms with E-state index >= 15 is 0 Å². The molecule has 2 rings (SSSR count). The van der Waals surface area contributed by atoms with Crippen LogP contribution >= 0.6 is 0 Å². The van der Waals surface area contributed by atoms with Gasteiger partial charge in [-0.1, -0.05) is 32.0 Å². The van der Waals surface area contributed by atoms with Crippen LogP contribution in [-0.4, -0.2) is 11.0 Å². The van der Waals surface area contributed by atoms with Crippen LogP contribution in [0.2, 0.25) is 0 Å². The fourth-order valence-electron chi connectivity index (χ4n) is 1.96. The normalized spacial score (nSPS) is 10.6. The van der Waals surface area contributed by atoms with Crippen LogP contribution in [-0.2, 0) is 0 Å². The van der Waals surface area contributed by atoms with E-state index in [4.69, 9.17) is 0 Å². The van der Waals surface area contributed by atoms with Crippen LogP contribution in [0.1, 0.15) is 41.3 Å². The van der Waals surface area contributed by atoms with Gasteiger partial charge in [0, 0.05) is 5.56 Å². The SMILES string of the molecule is Cc1ccc(NC(=O)c2ccc(C(C)C)cc2)c(O)c1. The Morgan fingerprint density at radius 1 is 1.10 bits per heavy atom. The topological polar surface area (TPSA) is 49.3 Å². The van der Waals surface area contributed by atoms with Gasteiger partial charge in [-0.25, -0.2) is 0 Å². The second-order valence-electron chi connectivity index (χ2n) is 5.25. The Morgan fingerprint density at radius 2 is 1.75 bits per heavy atom. The molecule has 2 aromatic rings. The smallest absolute Gasteiger partial charge is 0.255 e. The maximum Gasteiger partial charge on any atom is 0.255 e. The summed E-state index contributed by atoms with van der Waals surface area (Å²) in [5.74, 6) is 0.296. The Labute approximate surface area is 119 Å². The molecule has 0 unspecified atom stereocenters. The van der Waals surface area contributed by atoms with Gasteiger partial charge in [0.25, 0.3) is 5.91 Å². The lowest BCUT2D eigenvalue weighted by Crippen LogP contribution is -2.12. The Balaban J connectivity index is 2.15. The molecule has 0 fully saturated rings. The van der Waals surface area contributed by atoms with Crippen molar-refractivity contribution >= 4 is 11.6 Å². The lowest BCUT2D eigenvalue weighted by molar-refractivity contribution is 0.102. The van der Waals surface area contributed by atoms with E-state index in [2.05, 4.69) is 19.2 Å². The Hall–Kier alpha value is -2.29. The van der Waals surface area contributed by atoms with Gasteiger partial charge < -0.3 is 10.4 Å². The molecular weight excluding hydrogens is 250 g/mol. The number of phenolic OH excluding ortho intramolecular Hbond substituents is 1. The zero-order chi connectivity index (χ0) is 14.7. The highest BCUT2D eigenvalue weighted by Crippen LogP contribution is 2.24. The van der Waals surface area contributed by atoms with E-state index in [1.807, 2.05) is 25.1 Å². The molecule has 0 aromatic heterocycles. The van der Waals surface area contributed by atoms with E-state index in [0.29, 0.717) is 17.2 Å². The molecule has 2 aromatic carbocycles. The average Bonchev–Trinajstić information content (AvgIpc) is 2.42. The molecule has 0 aliphatic rings. The molecule has 0 bridgehead atoms. The number of amides is 1. The second-order valence-corrected chi connectivity index (χ2v) is 5.25. The van der Waals surface area contributed by atoms with Crippen LogP contribution < -0.4 is 5.32 Å². The number of aryl methyl sites for hydroxylation is 1. The minimum absolute atomic E-state index is 0.0807. The monoisotopic (exact) mass is 269 g/mol. The predicted molar refractivity (Wildman–Crippen MR) is 81.3 cm³/mol. The average molecular weight is 269 g/mol. The molecule has 1 amide bonds. The Morgan fingerprint density at radius 3 is 2.30 bits per heavy atom. The molecule has 0 heterocycles. The first kappa shape index (κ1) is 14.1. The minimum atomic E-state index is -0.223. The molecule has 3 nitrogen and oxygen atoms in total. The predicted octanol–water partition coefficient (Wildman–Crippen LogP) is 4.08. The van der Waals surface area contributed by atoms with Crippen molar-refractivity contribution in [1.29, 1.82) is 0 Å². The summed E-state index contributed by atoms with van der Waals surface area (Å²) in [5, 5.41) is 12.5.